The lowest BCUT2D eigenvalue weighted by atomic mass is 10.1. The molecule has 0 aliphatic heterocycles. The molecule has 0 unspecified atom stereocenters. The van der Waals surface area contributed by atoms with Crippen LogP contribution in [-0.2, 0) is 0 Å². The predicted octanol–water partition coefficient (Wildman–Crippen LogP) is 5.07. The van der Waals surface area contributed by atoms with Gasteiger partial charge in [-0.25, -0.2) is 0 Å². The first-order valence-electron chi connectivity index (χ1n) is 5.63. The first kappa shape index (κ1) is 10.3. The van der Waals surface area contributed by atoms with Crippen LogP contribution < -0.4 is 0 Å². The molecule has 1 heteroatoms. The van der Waals surface area contributed by atoms with Crippen molar-refractivity contribution in [2.24, 2.45) is 0 Å². The minimum absolute atomic E-state index is 1.24. The van der Waals surface area contributed by atoms with E-state index < -0.39 is 0 Å². The summed E-state index contributed by atoms with van der Waals surface area (Å²) in [5, 5.41) is 3.55. The minimum Gasteiger partial charge on any atom is -0.143 e. The third-order valence-corrected chi connectivity index (χ3v) is 3.75. The van der Waals surface area contributed by atoms with Crippen molar-refractivity contribution in [3.63, 3.8) is 0 Å². The fourth-order valence-electron chi connectivity index (χ4n) is 1.88. The molecule has 1 aromatic heterocycles. The van der Waals surface area contributed by atoms with Crippen LogP contribution >= 0.6 is 11.3 Å². The molecule has 0 aliphatic rings. The first-order chi connectivity index (χ1) is 8.43. The van der Waals surface area contributed by atoms with Crippen LogP contribution in [0.5, 0.6) is 0 Å². The van der Waals surface area contributed by atoms with Crippen molar-refractivity contribution >= 4 is 33.6 Å². The van der Waals surface area contributed by atoms with Crippen LogP contribution in [0.1, 0.15) is 11.1 Å². The maximum absolute atomic E-state index is 2.21. The van der Waals surface area contributed by atoms with Crippen LogP contribution in [0.15, 0.2) is 60.0 Å². The van der Waals surface area contributed by atoms with Crippen molar-refractivity contribution in [2.75, 3.05) is 0 Å². The zero-order valence-electron chi connectivity index (χ0n) is 9.34. The summed E-state index contributed by atoms with van der Waals surface area (Å²) >= 11 is 1.80. The summed E-state index contributed by atoms with van der Waals surface area (Å²) in [7, 11) is 0. The molecule has 0 nitrogen and oxygen atoms in total. The Bertz CT molecular complexity index is 647. The SMILES string of the molecule is C(=Cc1csc2ccccc12)c1ccccc1. The fraction of sp³-hybridized carbons (Fsp3) is 0. The van der Waals surface area contributed by atoms with Gasteiger partial charge in [0.2, 0.25) is 0 Å². The summed E-state index contributed by atoms with van der Waals surface area (Å²) in [5.41, 5.74) is 2.54. The zero-order valence-corrected chi connectivity index (χ0v) is 10.2. The molecule has 3 aromatic rings. The second-order valence-corrected chi connectivity index (χ2v) is 4.84. The van der Waals surface area contributed by atoms with Gasteiger partial charge < -0.3 is 0 Å². The van der Waals surface area contributed by atoms with Gasteiger partial charge in [-0.15, -0.1) is 11.3 Å². The predicted molar refractivity (Wildman–Crippen MR) is 77.2 cm³/mol. The molecule has 0 aliphatic carbocycles. The minimum atomic E-state index is 1.24. The molecule has 17 heavy (non-hydrogen) atoms. The number of rotatable bonds is 2. The highest BCUT2D eigenvalue weighted by Crippen LogP contribution is 2.26. The van der Waals surface area contributed by atoms with E-state index >= 15 is 0 Å². The Morgan fingerprint density at radius 2 is 1.53 bits per heavy atom. The van der Waals surface area contributed by atoms with Crippen molar-refractivity contribution in [3.8, 4) is 0 Å². The zero-order chi connectivity index (χ0) is 11.5. The fourth-order valence-corrected chi connectivity index (χ4v) is 2.81. The summed E-state index contributed by atoms with van der Waals surface area (Å²) in [6, 6.07) is 18.9. The van der Waals surface area contributed by atoms with Crippen LogP contribution in [0.4, 0.5) is 0 Å². The van der Waals surface area contributed by atoms with Crippen molar-refractivity contribution < 1.29 is 0 Å². The number of hydrogen-bond acceptors (Lipinski definition) is 1. The smallest absolute Gasteiger partial charge is 0.0348 e. The Morgan fingerprint density at radius 1 is 0.765 bits per heavy atom. The molecule has 82 valence electrons. The Kier molecular flexibility index (Phi) is 2.76. The highest BCUT2D eigenvalue weighted by molar-refractivity contribution is 7.17. The van der Waals surface area contributed by atoms with Crippen LogP contribution in [-0.4, -0.2) is 0 Å². The second-order valence-electron chi connectivity index (χ2n) is 3.93. The normalized spacial score (nSPS) is 11.3. The van der Waals surface area contributed by atoms with E-state index in [0.717, 1.165) is 0 Å². The van der Waals surface area contributed by atoms with Gasteiger partial charge in [0.1, 0.15) is 0 Å². The van der Waals surface area contributed by atoms with Gasteiger partial charge in [-0.1, -0.05) is 60.7 Å². The molecule has 0 saturated heterocycles. The standard InChI is InChI=1S/C16H12S/c1-2-6-13(7-3-1)10-11-14-12-17-16-9-5-4-8-15(14)16/h1-12H. The van der Waals surface area contributed by atoms with Crippen molar-refractivity contribution in [2.45, 2.75) is 0 Å². The molecule has 0 N–H and O–H groups in total. The molecule has 2 aromatic carbocycles. The third-order valence-electron chi connectivity index (χ3n) is 2.77. The van der Waals surface area contributed by atoms with Crippen LogP contribution in [0, 0.1) is 0 Å². The summed E-state index contributed by atoms with van der Waals surface area (Å²) in [6.45, 7) is 0. The summed E-state index contributed by atoms with van der Waals surface area (Å²) in [5.74, 6) is 0. The lowest BCUT2D eigenvalue weighted by molar-refractivity contribution is 1.67. The lowest BCUT2D eigenvalue weighted by Crippen LogP contribution is -1.70. The highest BCUT2D eigenvalue weighted by Gasteiger charge is 1.98. The maximum Gasteiger partial charge on any atom is 0.0348 e. The second kappa shape index (κ2) is 4.56. The molecule has 0 spiro atoms. The van der Waals surface area contributed by atoms with Crippen LogP contribution in [0.2, 0.25) is 0 Å². The van der Waals surface area contributed by atoms with Crippen molar-refractivity contribution in [1.29, 1.82) is 0 Å². The van der Waals surface area contributed by atoms with Crippen LogP contribution in [0.3, 0.4) is 0 Å². The van der Waals surface area contributed by atoms with E-state index in [9.17, 15) is 0 Å². The average molecular weight is 236 g/mol. The van der Waals surface area contributed by atoms with Crippen LogP contribution in [0.25, 0.3) is 22.2 Å². The van der Waals surface area contributed by atoms with E-state index in [2.05, 4.69) is 66.1 Å². The Morgan fingerprint density at radius 3 is 2.41 bits per heavy atom. The Balaban J connectivity index is 1.98. The van der Waals surface area contributed by atoms with Gasteiger partial charge in [0.25, 0.3) is 0 Å². The highest BCUT2D eigenvalue weighted by atomic mass is 32.1. The molecule has 0 bridgehead atoms. The quantitative estimate of drug-likeness (QED) is 0.582. The van der Waals surface area contributed by atoms with E-state index in [1.165, 1.54) is 21.2 Å². The van der Waals surface area contributed by atoms with Gasteiger partial charge in [-0.2, -0.15) is 0 Å². The topological polar surface area (TPSA) is 0 Å². The van der Waals surface area contributed by atoms with Gasteiger partial charge >= 0.3 is 0 Å². The molecule has 0 radical (unpaired) electrons. The molecule has 3 rings (SSSR count). The van der Waals surface area contributed by atoms with Gasteiger partial charge in [0.15, 0.2) is 0 Å². The average Bonchev–Trinajstić information content (AvgIpc) is 2.81. The Hall–Kier alpha value is -1.86. The molecule has 1 heterocycles. The Labute approximate surface area is 105 Å². The maximum atomic E-state index is 2.21. The van der Waals surface area contributed by atoms with Gasteiger partial charge in [-0.05, 0) is 28.0 Å². The third kappa shape index (κ3) is 2.15. The number of thiophene rings is 1. The lowest BCUT2D eigenvalue weighted by Gasteiger charge is -1.92. The van der Waals surface area contributed by atoms with E-state index in [4.69, 9.17) is 0 Å². The van der Waals surface area contributed by atoms with Gasteiger partial charge in [-0.3, -0.25) is 0 Å². The van der Waals surface area contributed by atoms with Crippen molar-refractivity contribution in [1.82, 2.24) is 0 Å². The number of hydrogen-bond donors (Lipinski definition) is 0. The monoisotopic (exact) mass is 236 g/mol. The van der Waals surface area contributed by atoms with Crippen molar-refractivity contribution in [3.05, 3.63) is 71.1 Å². The molecule has 0 atom stereocenters. The van der Waals surface area contributed by atoms with E-state index in [1.807, 2.05) is 6.07 Å². The number of fused-ring (bicyclic) bond motifs is 1. The first-order valence-corrected chi connectivity index (χ1v) is 6.51. The number of benzene rings is 2. The largest absolute Gasteiger partial charge is 0.143 e. The molecular formula is C16H12S. The van der Waals surface area contributed by atoms with E-state index in [1.54, 1.807) is 11.3 Å². The summed E-state index contributed by atoms with van der Waals surface area (Å²) in [4.78, 5) is 0. The summed E-state index contributed by atoms with van der Waals surface area (Å²) in [6.07, 6.45) is 4.35. The van der Waals surface area contributed by atoms with Gasteiger partial charge in [0.05, 0.1) is 0 Å². The molecule has 0 amide bonds. The molecule has 0 saturated carbocycles. The molecule has 0 fully saturated rings. The summed E-state index contributed by atoms with van der Waals surface area (Å²) < 4.78 is 1.35. The van der Waals surface area contributed by atoms with Gasteiger partial charge in [0, 0.05) is 4.70 Å². The molecular weight excluding hydrogens is 224 g/mol. The van der Waals surface area contributed by atoms with E-state index in [0.29, 0.717) is 0 Å². The van der Waals surface area contributed by atoms with E-state index in [-0.39, 0.29) is 0 Å².